The predicted octanol–water partition coefficient (Wildman–Crippen LogP) is 7.16. The van der Waals surface area contributed by atoms with Crippen LogP contribution in [0.25, 0.3) is 11.1 Å². The summed E-state index contributed by atoms with van der Waals surface area (Å²) in [5, 5.41) is 16.4. The Hall–Kier alpha value is -4.41. The van der Waals surface area contributed by atoms with Gasteiger partial charge < -0.3 is 29.8 Å². The molecule has 6 rings (SSSR count). The zero-order valence-electron chi connectivity index (χ0n) is 26.6. The molecule has 47 heavy (non-hydrogen) atoms. The van der Waals surface area contributed by atoms with Crippen LogP contribution in [0.1, 0.15) is 47.1 Å². The summed E-state index contributed by atoms with van der Waals surface area (Å²) in [6.45, 7) is 3.08. The number of carbonyl (C=O) groups excluding carboxylic acids is 1. The summed E-state index contributed by atoms with van der Waals surface area (Å²) in [6, 6.07) is 34.1. The van der Waals surface area contributed by atoms with Crippen molar-refractivity contribution in [2.45, 2.75) is 50.3 Å². The highest BCUT2D eigenvalue weighted by Crippen LogP contribution is 2.43. The van der Waals surface area contributed by atoms with Crippen LogP contribution in [0, 0.1) is 5.92 Å². The molecule has 2 amide bonds. The van der Waals surface area contributed by atoms with Crippen LogP contribution in [0.2, 0.25) is 0 Å². The van der Waals surface area contributed by atoms with Crippen LogP contribution in [0.3, 0.4) is 0 Å². The number of amides is 2. The number of ether oxygens (including phenoxy) is 2. The zero-order chi connectivity index (χ0) is 32.6. The van der Waals surface area contributed by atoms with Crippen LogP contribution in [-0.2, 0) is 36.2 Å². The predicted molar refractivity (Wildman–Crippen MR) is 184 cm³/mol. The molecule has 4 atom stereocenters. The Bertz CT molecular complexity index is 1740. The fourth-order valence-corrected chi connectivity index (χ4v) is 6.77. The third-order valence-electron chi connectivity index (χ3n) is 8.47. The molecule has 4 aromatic carbocycles. The summed E-state index contributed by atoms with van der Waals surface area (Å²) in [7, 11) is 2.00. The average molecular weight is 649 g/mol. The molecule has 242 valence electrons. The van der Waals surface area contributed by atoms with Gasteiger partial charge in [-0.15, -0.1) is 0 Å². The highest BCUT2D eigenvalue weighted by Gasteiger charge is 2.38. The Labute approximate surface area is 280 Å². The van der Waals surface area contributed by atoms with Crippen LogP contribution in [-0.4, -0.2) is 32.5 Å². The van der Waals surface area contributed by atoms with Crippen molar-refractivity contribution in [1.82, 2.24) is 20.2 Å². The number of imidazole rings is 1. The molecule has 0 bridgehead atoms. The molecule has 5 aromatic rings. The molecular weight excluding hydrogens is 609 g/mol. The number of aryl methyl sites for hydroxylation is 1. The largest absolute Gasteiger partial charge is 0.392 e. The summed E-state index contributed by atoms with van der Waals surface area (Å²) >= 11 is 1.68. The third-order valence-corrected chi connectivity index (χ3v) is 9.62. The van der Waals surface area contributed by atoms with Gasteiger partial charge in [-0.2, -0.15) is 0 Å². The fraction of sp³-hybridized carbons (Fsp3) is 0.263. The van der Waals surface area contributed by atoms with Gasteiger partial charge in [0.2, 0.25) is 0 Å². The number of thioether (sulfide) groups is 1. The minimum atomic E-state index is -0.542. The monoisotopic (exact) mass is 648 g/mol. The van der Waals surface area contributed by atoms with Crippen LogP contribution in [0.15, 0.2) is 121 Å². The quantitative estimate of drug-likeness (QED) is 0.132. The Morgan fingerprint density at radius 2 is 1.53 bits per heavy atom. The normalized spacial score (nSPS) is 19.3. The van der Waals surface area contributed by atoms with Gasteiger partial charge >= 0.3 is 6.03 Å². The average Bonchev–Trinajstić information content (AvgIpc) is 3.54. The smallest absolute Gasteiger partial charge is 0.315 e. The second-order valence-electron chi connectivity index (χ2n) is 11.8. The van der Waals surface area contributed by atoms with E-state index >= 15 is 0 Å². The van der Waals surface area contributed by atoms with Crippen LogP contribution in [0.4, 0.5) is 4.79 Å². The Balaban J connectivity index is 1.13. The summed E-state index contributed by atoms with van der Waals surface area (Å²) in [5.41, 5.74) is 7.06. The van der Waals surface area contributed by atoms with E-state index in [0.29, 0.717) is 13.1 Å². The van der Waals surface area contributed by atoms with E-state index in [9.17, 15) is 9.90 Å². The Kier molecular flexibility index (Phi) is 10.7. The second-order valence-corrected chi connectivity index (χ2v) is 12.8. The summed E-state index contributed by atoms with van der Waals surface area (Å²) in [6.07, 6.45) is 2.96. The number of aromatic nitrogens is 2. The van der Waals surface area contributed by atoms with Gasteiger partial charge in [-0.05, 0) is 39.4 Å². The number of urea groups is 1. The van der Waals surface area contributed by atoms with Gasteiger partial charge in [0.1, 0.15) is 0 Å². The van der Waals surface area contributed by atoms with E-state index in [1.54, 1.807) is 11.8 Å². The minimum absolute atomic E-state index is 0.00583. The molecule has 9 heteroatoms. The molecule has 0 spiro atoms. The van der Waals surface area contributed by atoms with E-state index in [4.69, 9.17) is 9.47 Å². The van der Waals surface area contributed by atoms with Crippen LogP contribution >= 0.6 is 11.8 Å². The lowest BCUT2D eigenvalue weighted by Crippen LogP contribution is -2.38. The standard InChI is InChI=1S/C38H40N4O4S/c1-26-34(25-47-38-39-19-20-42(38)2)45-36(46-35(26)31-13-11-28(24-43)12-14-31)32-17-15-30(16-18-32)33-10-6-9-29(21-33)23-41-37(44)40-22-27-7-4-3-5-8-27/h3-21,26,34-36,43H,22-25H2,1-2H3,(H2,40,41,44)/t26-,34+,35+,36+/m1/s1. The molecule has 2 heterocycles. The van der Waals surface area contributed by atoms with E-state index in [1.165, 1.54) is 0 Å². The van der Waals surface area contributed by atoms with Crippen molar-refractivity contribution >= 4 is 17.8 Å². The third kappa shape index (κ3) is 8.31. The lowest BCUT2D eigenvalue weighted by atomic mass is 9.91. The van der Waals surface area contributed by atoms with Gasteiger partial charge in [0.05, 0.1) is 18.8 Å². The Morgan fingerprint density at radius 3 is 2.23 bits per heavy atom. The van der Waals surface area contributed by atoms with Crippen molar-refractivity contribution in [3.63, 3.8) is 0 Å². The second kappa shape index (κ2) is 15.5. The summed E-state index contributed by atoms with van der Waals surface area (Å²) < 4.78 is 15.3. The maximum atomic E-state index is 12.4. The highest BCUT2D eigenvalue weighted by molar-refractivity contribution is 7.99. The Morgan fingerprint density at radius 1 is 0.830 bits per heavy atom. The van der Waals surface area contributed by atoms with Crippen molar-refractivity contribution in [3.05, 3.63) is 143 Å². The minimum Gasteiger partial charge on any atom is -0.392 e. The first kappa shape index (κ1) is 32.5. The lowest BCUT2D eigenvalue weighted by molar-refractivity contribution is -0.268. The summed E-state index contributed by atoms with van der Waals surface area (Å²) in [5.74, 6) is 0.829. The molecule has 0 unspecified atom stereocenters. The van der Waals surface area contributed by atoms with Gasteiger partial charge in [0, 0.05) is 49.8 Å². The number of aliphatic hydroxyl groups excluding tert-OH is 1. The van der Waals surface area contributed by atoms with Crippen molar-refractivity contribution in [1.29, 1.82) is 0 Å². The number of carbonyl (C=O) groups is 1. The molecule has 1 saturated heterocycles. The van der Waals surface area contributed by atoms with Gasteiger partial charge in [0.15, 0.2) is 11.4 Å². The van der Waals surface area contributed by atoms with E-state index in [2.05, 4.69) is 58.9 Å². The lowest BCUT2D eigenvalue weighted by Gasteiger charge is -2.41. The van der Waals surface area contributed by atoms with Crippen molar-refractivity contribution < 1.29 is 19.4 Å². The van der Waals surface area contributed by atoms with E-state index in [-0.39, 0.29) is 30.8 Å². The number of nitrogens with zero attached hydrogens (tertiary/aromatic N) is 2. The number of rotatable bonds is 11. The SMILES string of the molecule is C[C@@H]1[C@H](CSc2nccn2C)O[C@H](c2ccc(-c3cccc(CNC(=O)NCc4ccccc4)c3)cc2)O[C@@H]1c1ccc(CO)cc1. The van der Waals surface area contributed by atoms with E-state index in [0.717, 1.165) is 49.9 Å². The molecule has 1 aromatic heterocycles. The molecular formula is C38H40N4O4S. The number of aliphatic hydroxyl groups is 1. The zero-order valence-corrected chi connectivity index (χ0v) is 27.4. The maximum absolute atomic E-state index is 12.4. The van der Waals surface area contributed by atoms with Gasteiger partial charge in [-0.1, -0.05) is 116 Å². The fourth-order valence-electron chi connectivity index (χ4n) is 5.67. The van der Waals surface area contributed by atoms with Crippen molar-refractivity contribution in [3.8, 4) is 11.1 Å². The number of hydrogen-bond acceptors (Lipinski definition) is 6. The summed E-state index contributed by atoms with van der Waals surface area (Å²) in [4.78, 5) is 16.8. The number of benzene rings is 4. The first-order valence-electron chi connectivity index (χ1n) is 15.8. The molecule has 0 radical (unpaired) electrons. The molecule has 1 aliphatic heterocycles. The molecule has 8 nitrogen and oxygen atoms in total. The highest BCUT2D eigenvalue weighted by atomic mass is 32.2. The first-order chi connectivity index (χ1) is 23.0. The molecule has 1 aliphatic rings. The number of nitrogens with one attached hydrogen (secondary N) is 2. The van der Waals surface area contributed by atoms with Gasteiger partial charge in [0.25, 0.3) is 0 Å². The molecule has 0 aliphatic carbocycles. The van der Waals surface area contributed by atoms with Crippen molar-refractivity contribution in [2.24, 2.45) is 13.0 Å². The first-order valence-corrected chi connectivity index (χ1v) is 16.8. The molecule has 3 N–H and O–H groups in total. The van der Waals surface area contributed by atoms with Crippen LogP contribution < -0.4 is 10.6 Å². The molecule has 0 saturated carbocycles. The van der Waals surface area contributed by atoms with Crippen molar-refractivity contribution in [2.75, 3.05) is 5.75 Å². The topological polar surface area (TPSA) is 97.6 Å². The van der Waals surface area contributed by atoms with Crippen LogP contribution in [0.5, 0.6) is 0 Å². The molecule has 1 fully saturated rings. The van der Waals surface area contributed by atoms with Gasteiger partial charge in [-0.3, -0.25) is 0 Å². The van der Waals surface area contributed by atoms with E-state index in [1.807, 2.05) is 90.7 Å². The van der Waals surface area contributed by atoms with Gasteiger partial charge in [-0.25, -0.2) is 9.78 Å². The van der Waals surface area contributed by atoms with E-state index < -0.39 is 6.29 Å². The maximum Gasteiger partial charge on any atom is 0.315 e. The number of hydrogen-bond donors (Lipinski definition) is 3.